The minimum absolute atomic E-state index is 0.555. The second-order valence-electron chi connectivity index (χ2n) is 5.34. The molecule has 1 nitrogen and oxygen atoms in total. The van der Waals surface area contributed by atoms with Gasteiger partial charge in [0.15, 0.2) is 8.07 Å². The van der Waals surface area contributed by atoms with Gasteiger partial charge in [0.05, 0.1) is 10.6 Å². The average molecular weight is 307 g/mol. The molecule has 19 heavy (non-hydrogen) atoms. The summed E-state index contributed by atoms with van der Waals surface area (Å²) in [5, 5.41) is 4.38. The van der Waals surface area contributed by atoms with Gasteiger partial charge in [-0.2, -0.15) is 0 Å². The minimum Gasteiger partial charge on any atom is -0.470 e. The third kappa shape index (κ3) is 2.66. The molecule has 1 atom stereocenters. The van der Waals surface area contributed by atoms with Gasteiger partial charge in [-0.05, 0) is 12.1 Å². The summed E-state index contributed by atoms with van der Waals surface area (Å²) < 4.78 is 6.21. The predicted octanol–water partition coefficient (Wildman–Crippen LogP) is 3.58. The van der Waals surface area contributed by atoms with E-state index in [4.69, 9.17) is 4.42 Å². The molecule has 100 valence electrons. The zero-order chi connectivity index (χ0) is 13.3. The molecular formula is C15H18OS2Si. The van der Waals surface area contributed by atoms with Crippen LogP contribution in [-0.2, 0) is 0 Å². The van der Waals surface area contributed by atoms with Gasteiger partial charge in [0.2, 0.25) is 0 Å². The first-order chi connectivity index (χ1) is 9.18. The van der Waals surface area contributed by atoms with Crippen molar-refractivity contribution in [1.29, 1.82) is 0 Å². The van der Waals surface area contributed by atoms with Crippen LogP contribution in [0.3, 0.4) is 0 Å². The van der Waals surface area contributed by atoms with Crippen molar-refractivity contribution in [3.05, 3.63) is 48.2 Å². The molecule has 0 spiro atoms. The summed E-state index contributed by atoms with van der Waals surface area (Å²) >= 11 is 4.00. The average Bonchev–Trinajstić information content (AvgIpc) is 3.10. The second kappa shape index (κ2) is 5.42. The lowest BCUT2D eigenvalue weighted by Gasteiger charge is -2.20. The van der Waals surface area contributed by atoms with E-state index >= 15 is 0 Å². The van der Waals surface area contributed by atoms with E-state index in [0.717, 1.165) is 0 Å². The summed E-state index contributed by atoms with van der Waals surface area (Å²) in [5.74, 6) is 2.35. The van der Waals surface area contributed by atoms with Crippen LogP contribution in [0.1, 0.15) is 11.0 Å². The van der Waals surface area contributed by atoms with Crippen molar-refractivity contribution >= 4 is 42.2 Å². The van der Waals surface area contributed by atoms with Gasteiger partial charge >= 0.3 is 0 Å². The Hall–Kier alpha value is -0.583. The Kier molecular flexibility index (Phi) is 3.83. The summed E-state index contributed by atoms with van der Waals surface area (Å²) in [6, 6.07) is 15.2. The van der Waals surface area contributed by atoms with Gasteiger partial charge in [-0.25, -0.2) is 0 Å². The SMILES string of the molecule is C[Si](C)(c1ccccc1)c1ccc(C2CSCS2)o1. The van der Waals surface area contributed by atoms with Crippen LogP contribution >= 0.6 is 23.5 Å². The molecule has 1 unspecified atom stereocenters. The molecule has 0 radical (unpaired) electrons. The van der Waals surface area contributed by atoms with Crippen molar-refractivity contribution in [3.8, 4) is 0 Å². The van der Waals surface area contributed by atoms with E-state index in [9.17, 15) is 0 Å². The Morgan fingerprint density at radius 2 is 1.89 bits per heavy atom. The zero-order valence-electron chi connectivity index (χ0n) is 11.3. The highest BCUT2D eigenvalue weighted by Gasteiger charge is 2.31. The van der Waals surface area contributed by atoms with E-state index in [1.54, 1.807) is 0 Å². The Bertz CT molecular complexity index is 544. The third-order valence-corrected chi connectivity index (χ3v) is 9.75. The quantitative estimate of drug-likeness (QED) is 0.805. The lowest BCUT2D eigenvalue weighted by atomic mass is 10.3. The monoisotopic (exact) mass is 306 g/mol. The number of hydrogen-bond acceptors (Lipinski definition) is 3. The van der Waals surface area contributed by atoms with Gasteiger partial charge in [0.25, 0.3) is 0 Å². The van der Waals surface area contributed by atoms with Crippen LogP contribution in [-0.4, -0.2) is 18.9 Å². The predicted molar refractivity (Wildman–Crippen MR) is 89.6 cm³/mol. The maximum atomic E-state index is 6.21. The number of thioether (sulfide) groups is 2. The molecule has 1 fully saturated rings. The van der Waals surface area contributed by atoms with Crippen LogP contribution in [0.5, 0.6) is 0 Å². The van der Waals surface area contributed by atoms with Crippen LogP contribution in [0.4, 0.5) is 0 Å². The van der Waals surface area contributed by atoms with E-state index in [1.165, 1.54) is 27.2 Å². The molecule has 2 aromatic rings. The standard InChI is InChI=1S/C15H18OS2Si/c1-19(2,12-6-4-3-5-7-12)15-9-8-13(16-15)14-10-17-11-18-14/h3-9,14H,10-11H2,1-2H3. The van der Waals surface area contributed by atoms with Crippen LogP contribution in [0.15, 0.2) is 46.9 Å². The second-order valence-corrected chi connectivity index (χ2v) is 12.2. The molecule has 0 saturated carbocycles. The summed E-state index contributed by atoms with van der Waals surface area (Å²) in [6.45, 7) is 4.73. The Morgan fingerprint density at radius 3 is 2.58 bits per heavy atom. The molecule has 1 aromatic heterocycles. The number of benzene rings is 1. The van der Waals surface area contributed by atoms with Gasteiger partial charge < -0.3 is 4.42 Å². The molecule has 0 N–H and O–H groups in total. The summed E-state index contributed by atoms with van der Waals surface area (Å²) in [4.78, 5) is 0. The number of rotatable bonds is 3. The van der Waals surface area contributed by atoms with Gasteiger partial charge in [-0.15, -0.1) is 23.5 Å². The van der Waals surface area contributed by atoms with Crippen molar-refractivity contribution in [3.63, 3.8) is 0 Å². The molecule has 0 aliphatic carbocycles. The van der Waals surface area contributed by atoms with Gasteiger partial charge in [-0.1, -0.05) is 48.6 Å². The number of furan rings is 1. The summed E-state index contributed by atoms with van der Waals surface area (Å²) in [7, 11) is -1.67. The first kappa shape index (κ1) is 13.4. The van der Waals surface area contributed by atoms with E-state index in [-0.39, 0.29) is 0 Å². The fraction of sp³-hybridized carbons (Fsp3) is 0.333. The maximum Gasteiger partial charge on any atom is 0.156 e. The normalized spacial score (nSPS) is 19.8. The van der Waals surface area contributed by atoms with E-state index in [0.29, 0.717) is 5.25 Å². The molecule has 1 aromatic carbocycles. The molecule has 0 amide bonds. The molecule has 1 aliphatic heterocycles. The van der Waals surface area contributed by atoms with Crippen LogP contribution < -0.4 is 10.6 Å². The molecule has 2 heterocycles. The first-order valence-corrected chi connectivity index (χ1v) is 11.7. The topological polar surface area (TPSA) is 13.1 Å². The first-order valence-electron chi connectivity index (χ1n) is 6.53. The Labute approximate surface area is 124 Å². The molecule has 1 saturated heterocycles. The molecule has 1 aliphatic rings. The molecule has 4 heteroatoms. The third-order valence-electron chi connectivity index (χ3n) is 3.68. The summed E-state index contributed by atoms with van der Waals surface area (Å²) in [5.41, 5.74) is 0. The summed E-state index contributed by atoms with van der Waals surface area (Å²) in [6.07, 6.45) is 0. The van der Waals surface area contributed by atoms with Gasteiger partial charge in [0.1, 0.15) is 5.76 Å². The molecular weight excluding hydrogens is 288 g/mol. The highest BCUT2D eigenvalue weighted by molar-refractivity contribution is 8.19. The number of hydrogen-bond donors (Lipinski definition) is 0. The van der Waals surface area contributed by atoms with Crippen molar-refractivity contribution < 1.29 is 4.42 Å². The fourth-order valence-electron chi connectivity index (χ4n) is 2.36. The lowest BCUT2D eigenvalue weighted by Crippen LogP contribution is -2.52. The Balaban J connectivity index is 1.89. The zero-order valence-corrected chi connectivity index (χ0v) is 13.9. The minimum atomic E-state index is -1.67. The van der Waals surface area contributed by atoms with E-state index < -0.39 is 8.07 Å². The lowest BCUT2D eigenvalue weighted by molar-refractivity contribution is 0.541. The van der Waals surface area contributed by atoms with Crippen molar-refractivity contribution in [2.24, 2.45) is 0 Å². The smallest absolute Gasteiger partial charge is 0.156 e. The van der Waals surface area contributed by atoms with Crippen LogP contribution in [0.2, 0.25) is 13.1 Å². The van der Waals surface area contributed by atoms with Gasteiger partial charge in [0, 0.05) is 10.8 Å². The van der Waals surface area contributed by atoms with Crippen LogP contribution in [0, 0.1) is 0 Å². The van der Waals surface area contributed by atoms with Crippen molar-refractivity contribution in [1.82, 2.24) is 0 Å². The maximum absolute atomic E-state index is 6.21. The highest BCUT2D eigenvalue weighted by Crippen LogP contribution is 2.41. The van der Waals surface area contributed by atoms with Crippen molar-refractivity contribution in [2.75, 3.05) is 10.8 Å². The fourth-order valence-corrected chi connectivity index (χ4v) is 7.31. The highest BCUT2D eigenvalue weighted by atomic mass is 32.2. The molecule has 3 rings (SSSR count). The Morgan fingerprint density at radius 1 is 1.11 bits per heavy atom. The van der Waals surface area contributed by atoms with Crippen molar-refractivity contribution in [2.45, 2.75) is 18.3 Å². The van der Waals surface area contributed by atoms with Gasteiger partial charge in [-0.3, -0.25) is 0 Å². The van der Waals surface area contributed by atoms with E-state index in [1.807, 2.05) is 23.5 Å². The van der Waals surface area contributed by atoms with Crippen LogP contribution in [0.25, 0.3) is 0 Å². The molecule has 0 bridgehead atoms. The largest absolute Gasteiger partial charge is 0.470 e. The van der Waals surface area contributed by atoms with E-state index in [2.05, 4.69) is 55.6 Å².